The van der Waals surface area contributed by atoms with Gasteiger partial charge in [0, 0.05) is 16.5 Å². The number of benzene rings is 3. The summed E-state index contributed by atoms with van der Waals surface area (Å²) in [6.45, 7) is 4.39. The predicted octanol–water partition coefficient (Wildman–Crippen LogP) is 5.66. The average molecular weight is 539 g/mol. The van der Waals surface area contributed by atoms with Crippen LogP contribution < -0.4 is 9.47 Å². The minimum atomic E-state index is -1.66. The van der Waals surface area contributed by atoms with Crippen LogP contribution in [0.3, 0.4) is 0 Å². The van der Waals surface area contributed by atoms with E-state index in [1.165, 1.54) is 20.3 Å². The normalized spacial score (nSPS) is 19.3. The molecule has 208 valence electrons. The first-order valence-corrected chi connectivity index (χ1v) is 12.9. The minimum absolute atomic E-state index is 0.140. The standard InChI is InChI=1S/C31H35FO7/c1-30(2)13-6-14-39-31(30,35)26-15-20(9-11-24(26)25-17-22(36-3)10-12-27(25)32)19-38-23-8-5-7-21(16-23)28(33)18-29(34)37-4/h5,7-12,15-17,28,33,35H,6,13-14,18-19H2,1-4H3/t28-,31?/m1/s1. The van der Waals surface area contributed by atoms with Gasteiger partial charge < -0.3 is 29.2 Å². The van der Waals surface area contributed by atoms with Crippen LogP contribution in [0.25, 0.3) is 11.1 Å². The highest BCUT2D eigenvalue weighted by Gasteiger charge is 2.49. The zero-order valence-corrected chi connectivity index (χ0v) is 22.7. The Labute approximate surface area is 228 Å². The van der Waals surface area contributed by atoms with Gasteiger partial charge in [0.1, 0.15) is 23.9 Å². The van der Waals surface area contributed by atoms with Gasteiger partial charge in [-0.1, -0.05) is 38.1 Å². The molecule has 0 aliphatic carbocycles. The molecule has 7 nitrogen and oxygen atoms in total. The Morgan fingerprint density at radius 1 is 1.05 bits per heavy atom. The molecule has 3 aromatic rings. The number of aliphatic hydroxyl groups is 2. The van der Waals surface area contributed by atoms with Gasteiger partial charge in [-0.15, -0.1) is 0 Å². The summed E-state index contributed by atoms with van der Waals surface area (Å²) in [4.78, 5) is 11.5. The van der Waals surface area contributed by atoms with Gasteiger partial charge >= 0.3 is 5.97 Å². The highest BCUT2D eigenvalue weighted by atomic mass is 19.1. The quantitative estimate of drug-likeness (QED) is 0.340. The van der Waals surface area contributed by atoms with E-state index in [1.54, 1.807) is 48.5 Å². The summed E-state index contributed by atoms with van der Waals surface area (Å²) >= 11 is 0. The van der Waals surface area contributed by atoms with E-state index in [1.807, 2.05) is 19.9 Å². The third-order valence-electron chi connectivity index (χ3n) is 7.32. The lowest BCUT2D eigenvalue weighted by Crippen LogP contribution is -2.48. The molecule has 0 amide bonds. The molecule has 39 heavy (non-hydrogen) atoms. The fourth-order valence-electron chi connectivity index (χ4n) is 4.91. The molecular weight excluding hydrogens is 503 g/mol. The number of rotatable bonds is 9. The van der Waals surface area contributed by atoms with Crippen molar-refractivity contribution in [2.24, 2.45) is 5.41 Å². The van der Waals surface area contributed by atoms with E-state index in [0.29, 0.717) is 40.4 Å². The lowest BCUT2D eigenvalue weighted by Gasteiger charge is -2.47. The van der Waals surface area contributed by atoms with Crippen molar-refractivity contribution in [1.29, 1.82) is 0 Å². The number of esters is 1. The third kappa shape index (κ3) is 6.08. The van der Waals surface area contributed by atoms with Crippen molar-refractivity contribution >= 4 is 5.97 Å². The number of methoxy groups -OCH3 is 2. The molecular formula is C31H35FO7. The average Bonchev–Trinajstić information content (AvgIpc) is 2.93. The molecule has 2 atom stereocenters. The summed E-state index contributed by atoms with van der Waals surface area (Å²) in [6, 6.07) is 16.7. The second kappa shape index (κ2) is 11.7. The van der Waals surface area contributed by atoms with Gasteiger partial charge in [-0.05, 0) is 65.9 Å². The first-order chi connectivity index (χ1) is 18.6. The summed E-state index contributed by atoms with van der Waals surface area (Å²) < 4.78 is 37.1. The summed E-state index contributed by atoms with van der Waals surface area (Å²) in [7, 11) is 2.79. The highest BCUT2D eigenvalue weighted by molar-refractivity contribution is 5.71. The molecule has 1 fully saturated rings. The summed E-state index contributed by atoms with van der Waals surface area (Å²) in [6.07, 6.45) is 0.342. The van der Waals surface area contributed by atoms with Crippen LogP contribution in [0, 0.1) is 11.2 Å². The summed E-state index contributed by atoms with van der Waals surface area (Å²) in [5, 5.41) is 22.3. The maximum Gasteiger partial charge on any atom is 0.308 e. The van der Waals surface area contributed by atoms with Crippen molar-refractivity contribution in [2.75, 3.05) is 20.8 Å². The van der Waals surface area contributed by atoms with Crippen LogP contribution in [0.2, 0.25) is 0 Å². The van der Waals surface area contributed by atoms with Gasteiger partial charge in [-0.2, -0.15) is 0 Å². The van der Waals surface area contributed by atoms with E-state index in [0.717, 1.165) is 18.4 Å². The molecule has 1 unspecified atom stereocenters. The zero-order valence-electron chi connectivity index (χ0n) is 22.7. The van der Waals surface area contributed by atoms with Crippen LogP contribution in [0.15, 0.2) is 60.7 Å². The maximum absolute atomic E-state index is 15.1. The van der Waals surface area contributed by atoms with Crippen molar-refractivity contribution in [3.63, 3.8) is 0 Å². The number of hydrogen-bond acceptors (Lipinski definition) is 7. The molecule has 1 aliphatic rings. The number of ether oxygens (including phenoxy) is 4. The Hall–Kier alpha value is -3.46. The molecule has 4 rings (SSSR count). The Bertz CT molecular complexity index is 1320. The van der Waals surface area contributed by atoms with E-state index in [-0.39, 0.29) is 13.0 Å². The van der Waals surface area contributed by atoms with Gasteiger partial charge in [0.25, 0.3) is 0 Å². The molecule has 1 heterocycles. The van der Waals surface area contributed by atoms with E-state index in [2.05, 4.69) is 4.74 Å². The second-order valence-corrected chi connectivity index (χ2v) is 10.4. The number of aliphatic hydroxyl groups excluding tert-OH is 1. The Morgan fingerprint density at radius 2 is 1.85 bits per heavy atom. The lowest BCUT2D eigenvalue weighted by molar-refractivity contribution is -0.297. The van der Waals surface area contributed by atoms with Crippen molar-refractivity contribution in [1.82, 2.24) is 0 Å². The Morgan fingerprint density at radius 3 is 2.56 bits per heavy atom. The molecule has 8 heteroatoms. The molecule has 0 radical (unpaired) electrons. The summed E-state index contributed by atoms with van der Waals surface area (Å²) in [5.74, 6) is -1.63. The van der Waals surface area contributed by atoms with Gasteiger partial charge in [-0.3, -0.25) is 4.79 Å². The predicted molar refractivity (Wildman–Crippen MR) is 144 cm³/mol. The van der Waals surface area contributed by atoms with E-state index >= 15 is 4.39 Å². The monoisotopic (exact) mass is 538 g/mol. The first kappa shape index (κ1) is 28.5. The van der Waals surface area contributed by atoms with Crippen LogP contribution in [0.4, 0.5) is 4.39 Å². The fraction of sp³-hybridized carbons (Fsp3) is 0.387. The maximum atomic E-state index is 15.1. The van der Waals surface area contributed by atoms with E-state index < -0.39 is 29.1 Å². The van der Waals surface area contributed by atoms with Gasteiger partial charge in [-0.25, -0.2) is 4.39 Å². The van der Waals surface area contributed by atoms with Gasteiger partial charge in [0.15, 0.2) is 5.79 Å². The van der Waals surface area contributed by atoms with Crippen molar-refractivity contribution < 1.29 is 38.3 Å². The van der Waals surface area contributed by atoms with E-state index in [9.17, 15) is 15.0 Å². The number of halogens is 1. The lowest BCUT2D eigenvalue weighted by atomic mass is 9.72. The molecule has 0 spiro atoms. The molecule has 0 aromatic heterocycles. The SMILES string of the molecule is COC(=O)C[C@@H](O)c1cccc(OCc2ccc(-c3cc(OC)ccc3F)c(C3(O)OCCCC3(C)C)c2)c1. The Balaban J connectivity index is 1.68. The van der Waals surface area contributed by atoms with Crippen LogP contribution >= 0.6 is 0 Å². The van der Waals surface area contributed by atoms with Crippen LogP contribution in [0.1, 0.15) is 55.9 Å². The van der Waals surface area contributed by atoms with Gasteiger partial charge in [0.2, 0.25) is 0 Å². The third-order valence-corrected chi connectivity index (χ3v) is 7.32. The molecule has 0 saturated carbocycles. The van der Waals surface area contributed by atoms with Crippen LogP contribution in [0.5, 0.6) is 11.5 Å². The minimum Gasteiger partial charge on any atom is -0.497 e. The Kier molecular flexibility index (Phi) is 8.59. The number of hydrogen-bond donors (Lipinski definition) is 2. The van der Waals surface area contributed by atoms with E-state index in [4.69, 9.17) is 14.2 Å². The van der Waals surface area contributed by atoms with Crippen molar-refractivity contribution in [3.05, 3.63) is 83.2 Å². The smallest absolute Gasteiger partial charge is 0.308 e. The number of carbonyl (C=O) groups excluding carboxylic acids is 1. The zero-order chi connectivity index (χ0) is 28.2. The van der Waals surface area contributed by atoms with Crippen LogP contribution in [-0.4, -0.2) is 37.0 Å². The van der Waals surface area contributed by atoms with Crippen molar-refractivity contribution in [3.8, 4) is 22.6 Å². The fourth-order valence-corrected chi connectivity index (χ4v) is 4.91. The number of carbonyl (C=O) groups is 1. The topological polar surface area (TPSA) is 94.5 Å². The molecule has 1 saturated heterocycles. The molecule has 1 aliphatic heterocycles. The largest absolute Gasteiger partial charge is 0.497 e. The second-order valence-electron chi connectivity index (χ2n) is 10.4. The van der Waals surface area contributed by atoms with Gasteiger partial charge in [0.05, 0.1) is 33.4 Å². The molecule has 0 bridgehead atoms. The van der Waals surface area contributed by atoms with Crippen LogP contribution in [-0.2, 0) is 26.7 Å². The molecule has 3 aromatic carbocycles. The van der Waals surface area contributed by atoms with Crippen molar-refractivity contribution in [2.45, 2.75) is 51.6 Å². The first-order valence-electron chi connectivity index (χ1n) is 12.9. The highest BCUT2D eigenvalue weighted by Crippen LogP contribution is 2.50. The molecule has 2 N–H and O–H groups in total. The summed E-state index contributed by atoms with van der Waals surface area (Å²) in [5.41, 5.74) is 1.86.